The van der Waals surface area contributed by atoms with Crippen molar-refractivity contribution in [3.8, 4) is 0 Å². The summed E-state index contributed by atoms with van der Waals surface area (Å²) in [5, 5.41) is 7.36. The summed E-state index contributed by atoms with van der Waals surface area (Å²) in [7, 11) is 0. The Balaban J connectivity index is 1.34. The highest BCUT2D eigenvalue weighted by molar-refractivity contribution is 14.1. The molecule has 1 unspecified atom stereocenters. The predicted molar refractivity (Wildman–Crippen MR) is 151 cm³/mol. The average Bonchev–Trinajstić information content (AvgIpc) is 3.53. The van der Waals surface area contributed by atoms with Crippen LogP contribution in [0.1, 0.15) is 45.4 Å². The number of anilines is 1. The van der Waals surface area contributed by atoms with Crippen molar-refractivity contribution in [1.82, 2.24) is 0 Å². The fourth-order valence-electron chi connectivity index (χ4n) is 4.56. The molecule has 0 aliphatic carbocycles. The molecule has 0 aliphatic heterocycles. The Labute approximate surface area is 217 Å². The summed E-state index contributed by atoms with van der Waals surface area (Å²) >= 11 is 4.64. The molecule has 33 heavy (non-hydrogen) atoms. The molecule has 170 valence electrons. The maximum absolute atomic E-state index is 6.33. The summed E-state index contributed by atoms with van der Waals surface area (Å²) in [6.07, 6.45) is 7.57. The van der Waals surface area contributed by atoms with Gasteiger partial charge in [0.15, 0.2) is 43.1 Å². The van der Waals surface area contributed by atoms with E-state index in [1.165, 1.54) is 32.1 Å². The number of furan rings is 4. The van der Waals surface area contributed by atoms with Gasteiger partial charge in [0, 0.05) is 16.8 Å². The van der Waals surface area contributed by atoms with Crippen molar-refractivity contribution >= 4 is 106 Å². The Hall–Kier alpha value is -1.88. The van der Waals surface area contributed by atoms with Gasteiger partial charge in [-0.15, -0.1) is 0 Å². The van der Waals surface area contributed by atoms with Crippen molar-refractivity contribution in [1.29, 1.82) is 0 Å². The third kappa shape index (κ3) is 3.80. The first-order chi connectivity index (χ1) is 16.1. The lowest BCUT2D eigenvalue weighted by molar-refractivity contribution is 0.574. The van der Waals surface area contributed by atoms with E-state index in [1.807, 2.05) is 30.3 Å². The summed E-state index contributed by atoms with van der Waals surface area (Å²) in [6.45, 7) is 2.25. The molecule has 1 atom stereocenters. The standard InChI is InChI=1S/C26H23I2NO4/c1-2-3-4-5-6-7-18(27)29-20-13-15-9-11-17-24(22(15)31-20)33-25-16-10-8-14-12-19(28)30-21(14)23(16)32-26(17)25/h8-13,18,29H,2-7H2,1H3. The molecule has 0 spiro atoms. The predicted octanol–water partition coefficient (Wildman–Crippen LogP) is 9.96. The SMILES string of the molecule is CCCCCCCC(I)Nc1cc2ccc3c(oc4c5ccc6cc(I)oc6c5oc34)c2o1. The molecule has 4 heterocycles. The molecule has 0 amide bonds. The normalized spacial score (nSPS) is 13.3. The van der Waals surface area contributed by atoms with Crippen molar-refractivity contribution in [2.24, 2.45) is 0 Å². The molecule has 0 radical (unpaired) electrons. The second-order valence-electron chi connectivity index (χ2n) is 8.56. The molecule has 6 aromatic rings. The van der Waals surface area contributed by atoms with Gasteiger partial charge in [-0.2, -0.15) is 0 Å². The van der Waals surface area contributed by atoms with Gasteiger partial charge in [-0.3, -0.25) is 0 Å². The number of fused-ring (bicyclic) bond motifs is 9. The quantitative estimate of drug-likeness (QED) is 0.0758. The number of alkyl halides is 1. The van der Waals surface area contributed by atoms with E-state index in [9.17, 15) is 0 Å². The Kier molecular flexibility index (Phi) is 5.72. The zero-order valence-corrected chi connectivity index (χ0v) is 22.5. The van der Waals surface area contributed by atoms with E-state index in [1.54, 1.807) is 0 Å². The van der Waals surface area contributed by atoms with Gasteiger partial charge in [0.2, 0.25) is 0 Å². The second kappa shape index (κ2) is 8.72. The Morgan fingerprint density at radius 3 is 2.03 bits per heavy atom. The van der Waals surface area contributed by atoms with E-state index < -0.39 is 0 Å². The van der Waals surface area contributed by atoms with E-state index >= 15 is 0 Å². The lowest BCUT2D eigenvalue weighted by Crippen LogP contribution is -2.10. The number of halogens is 2. The van der Waals surface area contributed by atoms with Crippen LogP contribution in [-0.4, -0.2) is 4.05 Å². The van der Waals surface area contributed by atoms with Crippen LogP contribution < -0.4 is 5.32 Å². The van der Waals surface area contributed by atoms with Crippen LogP contribution in [0.5, 0.6) is 0 Å². The van der Waals surface area contributed by atoms with Crippen LogP contribution in [-0.2, 0) is 0 Å². The van der Waals surface area contributed by atoms with Crippen molar-refractivity contribution in [2.75, 3.05) is 5.32 Å². The highest BCUT2D eigenvalue weighted by atomic mass is 127. The summed E-state index contributed by atoms with van der Waals surface area (Å²) in [5.41, 5.74) is 4.39. The van der Waals surface area contributed by atoms with Crippen LogP contribution in [0.2, 0.25) is 0 Å². The molecular weight excluding hydrogens is 644 g/mol. The van der Waals surface area contributed by atoms with E-state index in [2.05, 4.69) is 63.5 Å². The van der Waals surface area contributed by atoms with Gasteiger partial charge >= 0.3 is 0 Å². The molecule has 1 N–H and O–H groups in total. The van der Waals surface area contributed by atoms with Crippen molar-refractivity contribution in [3.05, 3.63) is 40.2 Å². The first-order valence-corrected chi connectivity index (χ1v) is 13.7. The number of nitrogens with one attached hydrogen (secondary N) is 1. The minimum absolute atomic E-state index is 0.329. The van der Waals surface area contributed by atoms with Crippen LogP contribution in [0.15, 0.2) is 54.1 Å². The number of unbranched alkanes of at least 4 members (excludes halogenated alkanes) is 4. The van der Waals surface area contributed by atoms with Crippen molar-refractivity contribution in [2.45, 2.75) is 49.5 Å². The number of hydrogen-bond acceptors (Lipinski definition) is 5. The third-order valence-electron chi connectivity index (χ3n) is 6.22. The van der Waals surface area contributed by atoms with Gasteiger partial charge in [0.05, 0.1) is 14.8 Å². The molecular formula is C26H23I2NO4. The molecule has 0 bridgehead atoms. The topological polar surface area (TPSA) is 64.6 Å². The van der Waals surface area contributed by atoms with Crippen LogP contribution in [0.25, 0.3) is 55.0 Å². The summed E-state index contributed by atoms with van der Waals surface area (Å²) in [4.78, 5) is 0. The third-order valence-corrected chi connectivity index (χ3v) is 7.68. The molecule has 6 rings (SSSR count). The fourth-order valence-corrected chi connectivity index (χ4v) is 5.86. The second-order valence-corrected chi connectivity index (χ2v) is 11.1. The summed E-state index contributed by atoms with van der Waals surface area (Å²) < 4.78 is 25.9. The van der Waals surface area contributed by atoms with Crippen LogP contribution >= 0.6 is 45.2 Å². The average molecular weight is 667 g/mol. The largest absolute Gasteiger partial charge is 0.448 e. The Morgan fingerprint density at radius 2 is 1.33 bits per heavy atom. The molecule has 7 heteroatoms. The highest BCUT2D eigenvalue weighted by Gasteiger charge is 2.22. The highest BCUT2D eigenvalue weighted by Crippen LogP contribution is 2.43. The van der Waals surface area contributed by atoms with Crippen LogP contribution in [0.4, 0.5) is 5.88 Å². The zero-order chi connectivity index (χ0) is 22.5. The molecule has 0 aliphatic rings. The Morgan fingerprint density at radius 1 is 0.727 bits per heavy atom. The molecule has 0 saturated heterocycles. The first-order valence-electron chi connectivity index (χ1n) is 11.4. The maximum atomic E-state index is 6.33. The van der Waals surface area contributed by atoms with Gasteiger partial charge in [-0.1, -0.05) is 73.8 Å². The van der Waals surface area contributed by atoms with E-state index in [0.29, 0.717) is 4.05 Å². The zero-order valence-electron chi connectivity index (χ0n) is 18.2. The van der Waals surface area contributed by atoms with Gasteiger partial charge in [0.1, 0.15) is 0 Å². The first kappa shape index (κ1) is 21.6. The van der Waals surface area contributed by atoms with Gasteiger partial charge in [-0.05, 0) is 47.2 Å². The lowest BCUT2D eigenvalue weighted by Gasteiger charge is -2.10. The summed E-state index contributed by atoms with van der Waals surface area (Å²) in [6, 6.07) is 12.2. The smallest absolute Gasteiger partial charge is 0.195 e. The van der Waals surface area contributed by atoms with E-state index in [0.717, 1.165) is 71.1 Å². The molecule has 0 fully saturated rings. The monoisotopic (exact) mass is 667 g/mol. The van der Waals surface area contributed by atoms with E-state index in [-0.39, 0.29) is 0 Å². The van der Waals surface area contributed by atoms with Crippen molar-refractivity contribution < 1.29 is 17.7 Å². The van der Waals surface area contributed by atoms with Gasteiger partial charge in [-0.25, -0.2) is 0 Å². The Bertz CT molecular complexity index is 1600. The minimum Gasteiger partial charge on any atom is -0.448 e. The van der Waals surface area contributed by atoms with Crippen molar-refractivity contribution in [3.63, 3.8) is 0 Å². The lowest BCUT2D eigenvalue weighted by atomic mass is 10.1. The summed E-state index contributed by atoms with van der Waals surface area (Å²) in [5.74, 6) is 0.773. The number of rotatable bonds is 8. The van der Waals surface area contributed by atoms with Gasteiger partial charge in [0.25, 0.3) is 0 Å². The molecule has 5 nitrogen and oxygen atoms in total. The molecule has 4 aromatic heterocycles. The van der Waals surface area contributed by atoms with Crippen LogP contribution in [0.3, 0.4) is 0 Å². The molecule has 2 aromatic carbocycles. The minimum atomic E-state index is 0.329. The van der Waals surface area contributed by atoms with Gasteiger partial charge < -0.3 is 23.0 Å². The maximum Gasteiger partial charge on any atom is 0.195 e. The van der Waals surface area contributed by atoms with E-state index in [4.69, 9.17) is 17.7 Å². The number of hydrogen-bond donors (Lipinski definition) is 1. The number of benzene rings is 2. The molecule has 0 saturated carbocycles. The van der Waals surface area contributed by atoms with Crippen LogP contribution in [0, 0.1) is 3.77 Å². The fraction of sp³-hybridized carbons (Fsp3) is 0.308.